The van der Waals surface area contributed by atoms with E-state index in [2.05, 4.69) is 59.3 Å². The largest absolute Gasteiger partial charge is 0.324 e. The molecule has 0 saturated heterocycles. The minimum atomic E-state index is 0.209. The number of hydrogen-bond donors (Lipinski definition) is 1. The van der Waals surface area contributed by atoms with Crippen LogP contribution in [-0.4, -0.2) is 4.57 Å². The van der Waals surface area contributed by atoms with E-state index in [1.807, 2.05) is 0 Å². The summed E-state index contributed by atoms with van der Waals surface area (Å²) in [6, 6.07) is 17.5. The van der Waals surface area contributed by atoms with Gasteiger partial charge in [-0.1, -0.05) is 30.3 Å². The SMILES string of the molecule is NC1CCCc2c1ccn2-c1ccc2ccccc2c1. The van der Waals surface area contributed by atoms with Crippen LogP contribution in [0.2, 0.25) is 0 Å². The van der Waals surface area contributed by atoms with E-state index in [0.29, 0.717) is 0 Å². The van der Waals surface area contributed by atoms with Gasteiger partial charge in [-0.3, -0.25) is 0 Å². The van der Waals surface area contributed by atoms with E-state index >= 15 is 0 Å². The summed E-state index contributed by atoms with van der Waals surface area (Å²) >= 11 is 0. The van der Waals surface area contributed by atoms with Crippen molar-refractivity contribution < 1.29 is 0 Å². The highest BCUT2D eigenvalue weighted by atomic mass is 15.0. The molecule has 3 aromatic rings. The molecule has 0 fully saturated rings. The van der Waals surface area contributed by atoms with Crippen molar-refractivity contribution in [2.45, 2.75) is 25.3 Å². The van der Waals surface area contributed by atoms with Crippen LogP contribution in [0.4, 0.5) is 0 Å². The molecule has 2 N–H and O–H groups in total. The molecule has 100 valence electrons. The number of rotatable bonds is 1. The minimum absolute atomic E-state index is 0.209. The first-order valence-electron chi connectivity index (χ1n) is 7.28. The standard InChI is InChI=1S/C18H18N2/c19-17-6-3-7-18-16(17)10-11-20(18)15-9-8-13-4-1-2-5-14(13)12-15/h1-2,4-5,8-12,17H,3,6-7,19H2. The molecule has 1 unspecified atom stereocenters. The van der Waals surface area contributed by atoms with E-state index in [1.54, 1.807) is 0 Å². The Bertz CT molecular complexity index is 770. The highest BCUT2D eigenvalue weighted by Gasteiger charge is 2.20. The van der Waals surface area contributed by atoms with Crippen LogP contribution in [0.1, 0.15) is 30.1 Å². The van der Waals surface area contributed by atoms with Crippen LogP contribution in [0.5, 0.6) is 0 Å². The molecule has 1 atom stereocenters. The molecule has 1 aliphatic carbocycles. The lowest BCUT2D eigenvalue weighted by atomic mass is 9.93. The lowest BCUT2D eigenvalue weighted by Crippen LogP contribution is -2.17. The Morgan fingerprint density at radius 3 is 2.75 bits per heavy atom. The van der Waals surface area contributed by atoms with Crippen LogP contribution in [0.3, 0.4) is 0 Å². The Kier molecular flexibility index (Phi) is 2.64. The maximum absolute atomic E-state index is 6.21. The summed E-state index contributed by atoms with van der Waals surface area (Å²) in [7, 11) is 0. The van der Waals surface area contributed by atoms with Crippen LogP contribution in [0.15, 0.2) is 54.7 Å². The summed E-state index contributed by atoms with van der Waals surface area (Å²) in [4.78, 5) is 0. The van der Waals surface area contributed by atoms with E-state index in [4.69, 9.17) is 5.73 Å². The summed E-state index contributed by atoms with van der Waals surface area (Å²) in [5, 5.41) is 2.57. The number of nitrogens with zero attached hydrogens (tertiary/aromatic N) is 1. The van der Waals surface area contributed by atoms with Gasteiger partial charge in [-0.2, -0.15) is 0 Å². The van der Waals surface area contributed by atoms with Gasteiger partial charge in [0.2, 0.25) is 0 Å². The fourth-order valence-electron chi connectivity index (χ4n) is 3.30. The molecule has 2 heteroatoms. The normalized spacial score (nSPS) is 18.1. The maximum Gasteiger partial charge on any atom is 0.0458 e. The first kappa shape index (κ1) is 11.7. The summed E-state index contributed by atoms with van der Waals surface area (Å²) in [5.41, 5.74) is 10.2. The van der Waals surface area contributed by atoms with E-state index in [9.17, 15) is 0 Å². The first-order chi connectivity index (χ1) is 9.83. The van der Waals surface area contributed by atoms with Crippen molar-refractivity contribution >= 4 is 10.8 Å². The second kappa shape index (κ2) is 4.50. The average Bonchev–Trinajstić information content (AvgIpc) is 2.92. The van der Waals surface area contributed by atoms with Crippen molar-refractivity contribution in [2.24, 2.45) is 5.73 Å². The van der Waals surface area contributed by atoms with Crippen molar-refractivity contribution in [1.29, 1.82) is 0 Å². The Labute approximate surface area is 118 Å². The summed E-state index contributed by atoms with van der Waals surface area (Å²) in [5.74, 6) is 0. The van der Waals surface area contributed by atoms with Crippen LogP contribution >= 0.6 is 0 Å². The van der Waals surface area contributed by atoms with Crippen LogP contribution in [0, 0.1) is 0 Å². The molecule has 1 heterocycles. The number of hydrogen-bond acceptors (Lipinski definition) is 1. The van der Waals surface area contributed by atoms with Gasteiger partial charge in [0.25, 0.3) is 0 Å². The first-order valence-corrected chi connectivity index (χ1v) is 7.28. The zero-order valence-corrected chi connectivity index (χ0v) is 11.4. The monoisotopic (exact) mass is 262 g/mol. The fourth-order valence-corrected chi connectivity index (χ4v) is 3.30. The molecule has 1 aromatic heterocycles. The molecule has 0 amide bonds. The predicted octanol–water partition coefficient (Wildman–Crippen LogP) is 3.97. The maximum atomic E-state index is 6.21. The molecule has 2 nitrogen and oxygen atoms in total. The van der Waals surface area contributed by atoms with Gasteiger partial charge in [-0.15, -0.1) is 0 Å². The van der Waals surface area contributed by atoms with Crippen molar-refractivity contribution in [1.82, 2.24) is 4.57 Å². The van der Waals surface area contributed by atoms with Crippen molar-refractivity contribution in [3.8, 4) is 5.69 Å². The lowest BCUT2D eigenvalue weighted by Gasteiger charge is -2.21. The summed E-state index contributed by atoms with van der Waals surface area (Å²) in [6.07, 6.45) is 5.59. The fraction of sp³-hybridized carbons (Fsp3) is 0.222. The van der Waals surface area contributed by atoms with Gasteiger partial charge in [0, 0.05) is 23.6 Å². The number of benzene rings is 2. The van der Waals surface area contributed by atoms with Crippen LogP contribution in [-0.2, 0) is 6.42 Å². The van der Waals surface area contributed by atoms with Gasteiger partial charge in [0.05, 0.1) is 0 Å². The van der Waals surface area contributed by atoms with Gasteiger partial charge in [0.1, 0.15) is 0 Å². The average molecular weight is 262 g/mol. The zero-order chi connectivity index (χ0) is 13.5. The van der Waals surface area contributed by atoms with Gasteiger partial charge in [-0.25, -0.2) is 0 Å². The third-order valence-corrected chi connectivity index (χ3v) is 4.37. The van der Waals surface area contributed by atoms with Gasteiger partial charge < -0.3 is 10.3 Å². The molecular weight excluding hydrogens is 244 g/mol. The lowest BCUT2D eigenvalue weighted by molar-refractivity contribution is 0.560. The van der Waals surface area contributed by atoms with E-state index in [1.165, 1.54) is 34.1 Å². The Morgan fingerprint density at radius 2 is 1.85 bits per heavy atom. The third kappa shape index (κ3) is 1.76. The van der Waals surface area contributed by atoms with Crippen molar-refractivity contribution in [3.05, 3.63) is 66.0 Å². The molecule has 1 aliphatic rings. The molecule has 0 radical (unpaired) electrons. The Hall–Kier alpha value is -2.06. The van der Waals surface area contributed by atoms with Gasteiger partial charge in [-0.05, 0) is 53.8 Å². The van der Waals surface area contributed by atoms with E-state index in [-0.39, 0.29) is 6.04 Å². The highest BCUT2D eigenvalue weighted by molar-refractivity contribution is 5.84. The third-order valence-electron chi connectivity index (χ3n) is 4.37. The van der Waals surface area contributed by atoms with E-state index < -0.39 is 0 Å². The number of aromatic nitrogens is 1. The predicted molar refractivity (Wildman–Crippen MR) is 83.1 cm³/mol. The topological polar surface area (TPSA) is 30.9 Å². The molecule has 0 spiro atoms. The summed E-state index contributed by atoms with van der Waals surface area (Å²) < 4.78 is 2.31. The smallest absolute Gasteiger partial charge is 0.0458 e. The second-order valence-corrected chi connectivity index (χ2v) is 5.62. The molecule has 20 heavy (non-hydrogen) atoms. The zero-order valence-electron chi connectivity index (χ0n) is 11.4. The van der Waals surface area contributed by atoms with Crippen LogP contribution in [0.25, 0.3) is 16.5 Å². The van der Waals surface area contributed by atoms with Crippen LogP contribution < -0.4 is 5.73 Å². The molecule has 0 bridgehead atoms. The molecule has 4 rings (SSSR count). The molecule has 0 aliphatic heterocycles. The van der Waals surface area contributed by atoms with Gasteiger partial charge in [0.15, 0.2) is 0 Å². The number of nitrogens with two attached hydrogens (primary N) is 1. The Morgan fingerprint density at radius 1 is 1.00 bits per heavy atom. The van der Waals surface area contributed by atoms with Crippen molar-refractivity contribution in [2.75, 3.05) is 0 Å². The minimum Gasteiger partial charge on any atom is -0.324 e. The van der Waals surface area contributed by atoms with Crippen molar-refractivity contribution in [3.63, 3.8) is 0 Å². The van der Waals surface area contributed by atoms with E-state index in [0.717, 1.165) is 12.8 Å². The highest BCUT2D eigenvalue weighted by Crippen LogP contribution is 2.31. The molecule has 0 saturated carbocycles. The second-order valence-electron chi connectivity index (χ2n) is 5.62. The van der Waals surface area contributed by atoms with Gasteiger partial charge >= 0.3 is 0 Å². The Balaban J connectivity index is 1.87. The number of fused-ring (bicyclic) bond motifs is 2. The quantitative estimate of drug-likeness (QED) is 0.707. The molecular formula is C18H18N2. The molecule has 2 aromatic carbocycles. The summed E-state index contributed by atoms with van der Waals surface area (Å²) in [6.45, 7) is 0.